The van der Waals surface area contributed by atoms with Crippen LogP contribution in [0.5, 0.6) is 0 Å². The maximum absolute atomic E-state index is 6.20. The van der Waals surface area contributed by atoms with Crippen molar-refractivity contribution in [3.05, 3.63) is 69.2 Å². The average molecular weight is 346 g/mol. The van der Waals surface area contributed by atoms with Crippen molar-refractivity contribution in [3.63, 3.8) is 0 Å². The molecule has 4 rings (SSSR count). The van der Waals surface area contributed by atoms with Crippen molar-refractivity contribution in [2.24, 2.45) is 5.92 Å². The highest BCUT2D eigenvalue weighted by atomic mass is 35.5. The van der Waals surface area contributed by atoms with Crippen molar-refractivity contribution >= 4 is 23.2 Å². The third-order valence-corrected chi connectivity index (χ3v) is 5.92. The van der Waals surface area contributed by atoms with Gasteiger partial charge >= 0.3 is 0 Å². The molecular formula is C20H21Cl2N. The van der Waals surface area contributed by atoms with Gasteiger partial charge in [-0.2, -0.15) is 0 Å². The lowest BCUT2D eigenvalue weighted by Crippen LogP contribution is -2.35. The van der Waals surface area contributed by atoms with Crippen molar-refractivity contribution in [1.29, 1.82) is 0 Å². The van der Waals surface area contributed by atoms with Gasteiger partial charge in [-0.1, -0.05) is 53.5 Å². The lowest BCUT2D eigenvalue weighted by Gasteiger charge is -2.22. The average Bonchev–Trinajstić information content (AvgIpc) is 3.32. The van der Waals surface area contributed by atoms with Gasteiger partial charge in [-0.05, 0) is 67.0 Å². The number of rotatable bonds is 5. The molecule has 0 aliphatic heterocycles. The molecule has 120 valence electrons. The largest absolute Gasteiger partial charge is 0.313 e. The molecule has 23 heavy (non-hydrogen) atoms. The maximum atomic E-state index is 6.20. The number of benzene rings is 2. The Morgan fingerprint density at radius 1 is 1.00 bits per heavy atom. The van der Waals surface area contributed by atoms with Gasteiger partial charge in [0, 0.05) is 12.0 Å². The summed E-state index contributed by atoms with van der Waals surface area (Å²) in [6, 6.07) is 15.4. The summed E-state index contributed by atoms with van der Waals surface area (Å²) in [5, 5.41) is 5.11. The van der Waals surface area contributed by atoms with Crippen LogP contribution >= 0.6 is 23.2 Å². The standard InChI is InChI=1S/C20H21Cl2N/c21-18-8-7-14(10-19(18)22)9-17-16-4-2-1-3-15(16)11-20(17)23-12-13-5-6-13/h1-4,7-8,10,13,17,20,23H,5-6,9,11-12H2. The Hall–Kier alpha value is -1.02. The molecule has 1 fully saturated rings. The second-order valence-corrected chi connectivity index (χ2v) is 7.73. The number of hydrogen-bond acceptors (Lipinski definition) is 1. The molecule has 2 unspecified atom stereocenters. The van der Waals surface area contributed by atoms with Gasteiger partial charge in [-0.3, -0.25) is 0 Å². The Labute approximate surface area is 148 Å². The fourth-order valence-corrected chi connectivity index (χ4v) is 4.03. The molecule has 2 aliphatic carbocycles. The smallest absolute Gasteiger partial charge is 0.0595 e. The van der Waals surface area contributed by atoms with Crippen LogP contribution in [0.25, 0.3) is 0 Å². The van der Waals surface area contributed by atoms with Crippen LogP contribution in [-0.4, -0.2) is 12.6 Å². The molecule has 0 saturated heterocycles. The molecule has 0 radical (unpaired) electrons. The Morgan fingerprint density at radius 2 is 1.83 bits per heavy atom. The molecular weight excluding hydrogens is 325 g/mol. The van der Waals surface area contributed by atoms with Crippen LogP contribution in [0.3, 0.4) is 0 Å². The van der Waals surface area contributed by atoms with E-state index in [1.165, 1.54) is 29.5 Å². The summed E-state index contributed by atoms with van der Waals surface area (Å²) in [5.41, 5.74) is 4.25. The molecule has 1 N–H and O–H groups in total. The van der Waals surface area contributed by atoms with Crippen molar-refractivity contribution < 1.29 is 0 Å². The molecule has 2 aromatic carbocycles. The highest BCUT2D eigenvalue weighted by molar-refractivity contribution is 6.42. The summed E-state index contributed by atoms with van der Waals surface area (Å²) in [6.07, 6.45) is 4.93. The van der Waals surface area contributed by atoms with Gasteiger partial charge < -0.3 is 5.32 Å². The van der Waals surface area contributed by atoms with E-state index in [1.54, 1.807) is 0 Å². The van der Waals surface area contributed by atoms with Gasteiger partial charge in [0.2, 0.25) is 0 Å². The summed E-state index contributed by atoms with van der Waals surface area (Å²) in [4.78, 5) is 0. The summed E-state index contributed by atoms with van der Waals surface area (Å²) >= 11 is 12.3. The summed E-state index contributed by atoms with van der Waals surface area (Å²) in [5.74, 6) is 1.42. The van der Waals surface area contributed by atoms with E-state index in [2.05, 4.69) is 35.6 Å². The van der Waals surface area contributed by atoms with E-state index in [1.807, 2.05) is 12.1 Å². The zero-order chi connectivity index (χ0) is 15.8. The van der Waals surface area contributed by atoms with E-state index in [9.17, 15) is 0 Å². The van der Waals surface area contributed by atoms with Gasteiger partial charge in [-0.15, -0.1) is 0 Å². The molecule has 0 amide bonds. The summed E-state index contributed by atoms with van der Waals surface area (Å²) in [7, 11) is 0. The quantitative estimate of drug-likeness (QED) is 0.780. The molecule has 1 saturated carbocycles. The molecule has 0 heterocycles. The second kappa shape index (κ2) is 6.47. The predicted octanol–water partition coefficient (Wildman–Crippen LogP) is 5.24. The van der Waals surface area contributed by atoms with Crippen LogP contribution in [0.2, 0.25) is 10.0 Å². The van der Waals surface area contributed by atoms with Crippen LogP contribution < -0.4 is 5.32 Å². The van der Waals surface area contributed by atoms with Gasteiger partial charge in [-0.25, -0.2) is 0 Å². The Kier molecular flexibility index (Phi) is 4.36. The Bertz CT molecular complexity index is 709. The van der Waals surface area contributed by atoms with E-state index < -0.39 is 0 Å². The first-order valence-corrected chi connectivity index (χ1v) is 9.21. The third kappa shape index (κ3) is 3.42. The summed E-state index contributed by atoms with van der Waals surface area (Å²) in [6.45, 7) is 1.16. The van der Waals surface area contributed by atoms with Gasteiger partial charge in [0.15, 0.2) is 0 Å². The zero-order valence-corrected chi connectivity index (χ0v) is 14.6. The normalized spacial score (nSPS) is 23.0. The van der Waals surface area contributed by atoms with E-state index >= 15 is 0 Å². The third-order valence-electron chi connectivity index (χ3n) is 5.19. The molecule has 2 aromatic rings. The molecule has 0 aromatic heterocycles. The SMILES string of the molecule is Clc1ccc(CC2c3ccccc3CC2NCC2CC2)cc1Cl. The first kappa shape index (κ1) is 15.5. The van der Waals surface area contributed by atoms with Crippen molar-refractivity contribution in [2.45, 2.75) is 37.6 Å². The predicted molar refractivity (Wildman–Crippen MR) is 97.6 cm³/mol. The topological polar surface area (TPSA) is 12.0 Å². The molecule has 0 bridgehead atoms. The highest BCUT2D eigenvalue weighted by Gasteiger charge is 2.33. The fraction of sp³-hybridized carbons (Fsp3) is 0.400. The lowest BCUT2D eigenvalue weighted by molar-refractivity contribution is 0.445. The minimum atomic E-state index is 0.516. The molecule has 0 spiro atoms. The van der Waals surface area contributed by atoms with Gasteiger partial charge in [0.1, 0.15) is 0 Å². The number of hydrogen-bond donors (Lipinski definition) is 1. The van der Waals surface area contributed by atoms with Gasteiger partial charge in [0.05, 0.1) is 10.0 Å². The zero-order valence-electron chi connectivity index (χ0n) is 13.1. The van der Waals surface area contributed by atoms with E-state index in [0.29, 0.717) is 22.0 Å². The first-order valence-electron chi connectivity index (χ1n) is 8.46. The Morgan fingerprint density at radius 3 is 2.61 bits per heavy atom. The fourth-order valence-electron chi connectivity index (χ4n) is 3.70. The van der Waals surface area contributed by atoms with E-state index in [4.69, 9.17) is 23.2 Å². The van der Waals surface area contributed by atoms with E-state index in [-0.39, 0.29) is 0 Å². The monoisotopic (exact) mass is 345 g/mol. The second-order valence-electron chi connectivity index (χ2n) is 6.92. The molecule has 2 atom stereocenters. The highest BCUT2D eigenvalue weighted by Crippen LogP contribution is 2.37. The minimum Gasteiger partial charge on any atom is -0.313 e. The Balaban J connectivity index is 1.57. The van der Waals surface area contributed by atoms with Crippen LogP contribution in [-0.2, 0) is 12.8 Å². The van der Waals surface area contributed by atoms with Crippen LogP contribution in [0.4, 0.5) is 0 Å². The van der Waals surface area contributed by atoms with Crippen molar-refractivity contribution in [3.8, 4) is 0 Å². The molecule has 3 heteroatoms. The lowest BCUT2D eigenvalue weighted by atomic mass is 9.91. The molecule has 1 nitrogen and oxygen atoms in total. The van der Waals surface area contributed by atoms with Crippen molar-refractivity contribution in [2.75, 3.05) is 6.54 Å². The van der Waals surface area contributed by atoms with Crippen LogP contribution in [0.1, 0.15) is 35.4 Å². The van der Waals surface area contributed by atoms with Crippen LogP contribution in [0.15, 0.2) is 42.5 Å². The van der Waals surface area contributed by atoms with Gasteiger partial charge in [0.25, 0.3) is 0 Å². The number of halogens is 2. The first-order chi connectivity index (χ1) is 11.2. The number of nitrogens with one attached hydrogen (secondary N) is 1. The van der Waals surface area contributed by atoms with E-state index in [0.717, 1.165) is 25.3 Å². The van der Waals surface area contributed by atoms with Crippen LogP contribution in [0, 0.1) is 5.92 Å². The minimum absolute atomic E-state index is 0.516. The number of fused-ring (bicyclic) bond motifs is 1. The summed E-state index contributed by atoms with van der Waals surface area (Å²) < 4.78 is 0. The maximum Gasteiger partial charge on any atom is 0.0595 e. The molecule has 2 aliphatic rings. The van der Waals surface area contributed by atoms with Crippen molar-refractivity contribution in [1.82, 2.24) is 5.32 Å².